The van der Waals surface area contributed by atoms with Crippen LogP contribution in [0.25, 0.3) is 0 Å². The highest BCUT2D eigenvalue weighted by Gasteiger charge is 2.54. The molecular formula is C16H18N3OS+. The molecule has 2 aromatic heterocycles. The largest absolute Gasteiger partial charge is 0.300 e. The standard InChI is InChI=1S/C16H17N3OS/c1-11-7-10-21-14(11)15-18-9-4-5-12(18)16(20)19(15)13-6-2-3-8-17-13/h2-3,6-8,10,12,15H,4-5,9H2,1H3/p+1. The Morgan fingerprint density at radius 1 is 1.38 bits per heavy atom. The monoisotopic (exact) mass is 300 g/mol. The van der Waals surface area contributed by atoms with E-state index in [0.29, 0.717) is 0 Å². The normalized spacial score (nSPS) is 28.1. The number of hydrogen-bond donors (Lipinski definition) is 1. The average Bonchev–Trinajstić information content (AvgIpc) is 3.18. The summed E-state index contributed by atoms with van der Waals surface area (Å²) in [4.78, 5) is 21.9. The predicted molar refractivity (Wildman–Crippen MR) is 82.4 cm³/mol. The van der Waals surface area contributed by atoms with Gasteiger partial charge in [0, 0.05) is 19.0 Å². The Morgan fingerprint density at radius 2 is 2.29 bits per heavy atom. The van der Waals surface area contributed by atoms with E-state index in [1.165, 1.54) is 15.3 Å². The van der Waals surface area contributed by atoms with E-state index in [1.54, 1.807) is 17.5 Å². The molecule has 1 N–H and O–H groups in total. The Balaban J connectivity index is 1.83. The molecule has 0 saturated carbocycles. The van der Waals surface area contributed by atoms with Crippen LogP contribution >= 0.6 is 11.3 Å². The Morgan fingerprint density at radius 3 is 3.00 bits per heavy atom. The summed E-state index contributed by atoms with van der Waals surface area (Å²) in [6.45, 7) is 3.21. The maximum Gasteiger partial charge on any atom is 0.291 e. The third kappa shape index (κ3) is 1.92. The van der Waals surface area contributed by atoms with Crippen molar-refractivity contribution in [1.29, 1.82) is 0 Å². The summed E-state index contributed by atoms with van der Waals surface area (Å²) in [5, 5.41) is 2.12. The van der Waals surface area contributed by atoms with Crippen molar-refractivity contribution in [3.8, 4) is 0 Å². The van der Waals surface area contributed by atoms with Crippen molar-refractivity contribution in [1.82, 2.24) is 4.98 Å². The number of carbonyl (C=O) groups excluding carboxylic acids is 1. The van der Waals surface area contributed by atoms with Gasteiger partial charge in [0.15, 0.2) is 6.04 Å². The fraction of sp³-hybridized carbons (Fsp3) is 0.375. The first kappa shape index (κ1) is 13.0. The van der Waals surface area contributed by atoms with Gasteiger partial charge in [0.25, 0.3) is 5.91 Å². The first-order valence-electron chi connectivity index (χ1n) is 7.41. The SMILES string of the molecule is Cc1ccsc1C1N(c2ccccn2)C(=O)C2CCC[NH+]21. The Kier molecular flexibility index (Phi) is 3.05. The number of thiophene rings is 1. The van der Waals surface area contributed by atoms with E-state index in [1.807, 2.05) is 23.1 Å². The Bertz CT molecular complexity index is 669. The first-order valence-corrected chi connectivity index (χ1v) is 8.29. The molecule has 2 saturated heterocycles. The quantitative estimate of drug-likeness (QED) is 0.913. The zero-order valence-corrected chi connectivity index (χ0v) is 12.8. The van der Waals surface area contributed by atoms with Crippen LogP contribution in [-0.4, -0.2) is 23.5 Å². The van der Waals surface area contributed by atoms with Crippen molar-refractivity contribution >= 4 is 23.1 Å². The van der Waals surface area contributed by atoms with Crippen LogP contribution in [0.4, 0.5) is 5.82 Å². The van der Waals surface area contributed by atoms with Crippen molar-refractivity contribution in [2.24, 2.45) is 0 Å². The Labute approximate surface area is 128 Å². The van der Waals surface area contributed by atoms with Crippen molar-refractivity contribution in [3.63, 3.8) is 0 Å². The molecule has 1 amide bonds. The zero-order valence-electron chi connectivity index (χ0n) is 12.0. The van der Waals surface area contributed by atoms with Gasteiger partial charge in [0.05, 0.1) is 11.4 Å². The number of carbonyl (C=O) groups is 1. The molecule has 2 aromatic rings. The summed E-state index contributed by atoms with van der Waals surface area (Å²) < 4.78 is 0. The average molecular weight is 300 g/mol. The second-order valence-corrected chi connectivity index (χ2v) is 6.73. The first-order chi connectivity index (χ1) is 10.3. The summed E-state index contributed by atoms with van der Waals surface area (Å²) in [6, 6.07) is 8.04. The van der Waals surface area contributed by atoms with Crippen LogP contribution in [-0.2, 0) is 4.79 Å². The van der Waals surface area contributed by atoms with E-state index in [9.17, 15) is 4.79 Å². The molecule has 0 spiro atoms. The zero-order chi connectivity index (χ0) is 14.4. The third-order valence-corrected chi connectivity index (χ3v) is 5.67. The molecule has 3 unspecified atom stereocenters. The minimum atomic E-state index is 0.0971. The topological polar surface area (TPSA) is 37.6 Å². The molecule has 2 aliphatic heterocycles. The number of nitrogens with one attached hydrogen (secondary N) is 1. The van der Waals surface area contributed by atoms with Crippen molar-refractivity contribution in [3.05, 3.63) is 46.3 Å². The minimum Gasteiger partial charge on any atom is -0.300 e. The number of pyridine rings is 1. The van der Waals surface area contributed by atoms with Crippen LogP contribution in [0, 0.1) is 6.92 Å². The van der Waals surface area contributed by atoms with Gasteiger partial charge >= 0.3 is 0 Å². The minimum absolute atomic E-state index is 0.0971. The number of quaternary nitrogens is 1. The molecule has 5 heteroatoms. The van der Waals surface area contributed by atoms with Crippen molar-refractivity contribution in [2.75, 3.05) is 11.4 Å². The van der Waals surface area contributed by atoms with E-state index >= 15 is 0 Å². The number of rotatable bonds is 2. The highest BCUT2D eigenvalue weighted by Crippen LogP contribution is 2.33. The molecule has 2 fully saturated rings. The van der Waals surface area contributed by atoms with Gasteiger partial charge in [-0.25, -0.2) is 9.88 Å². The highest BCUT2D eigenvalue weighted by atomic mass is 32.1. The fourth-order valence-corrected chi connectivity index (χ4v) is 4.69. The summed E-state index contributed by atoms with van der Waals surface area (Å²) in [7, 11) is 0. The Hall–Kier alpha value is -1.72. The number of aryl methyl sites for hydroxylation is 1. The second-order valence-electron chi connectivity index (χ2n) is 5.79. The van der Waals surface area contributed by atoms with Crippen LogP contribution in [0.3, 0.4) is 0 Å². The van der Waals surface area contributed by atoms with Crippen LogP contribution in [0.15, 0.2) is 35.8 Å². The van der Waals surface area contributed by atoms with Gasteiger partial charge in [0.1, 0.15) is 5.82 Å². The molecule has 4 heterocycles. The molecule has 4 rings (SSSR count). The molecule has 21 heavy (non-hydrogen) atoms. The highest BCUT2D eigenvalue weighted by molar-refractivity contribution is 7.10. The lowest BCUT2D eigenvalue weighted by Crippen LogP contribution is -3.12. The summed E-state index contributed by atoms with van der Waals surface area (Å²) in [5.41, 5.74) is 1.28. The van der Waals surface area contributed by atoms with Gasteiger partial charge in [-0.1, -0.05) is 6.07 Å². The summed E-state index contributed by atoms with van der Waals surface area (Å²) in [5.74, 6) is 1.02. The lowest BCUT2D eigenvalue weighted by atomic mass is 10.2. The number of aromatic nitrogens is 1. The van der Waals surface area contributed by atoms with Crippen LogP contribution in [0.5, 0.6) is 0 Å². The van der Waals surface area contributed by atoms with Gasteiger partial charge in [-0.3, -0.25) is 4.79 Å². The molecular weight excluding hydrogens is 282 g/mol. The van der Waals surface area contributed by atoms with Crippen molar-refractivity contribution < 1.29 is 9.69 Å². The van der Waals surface area contributed by atoms with E-state index in [0.717, 1.165) is 25.2 Å². The second kappa shape index (κ2) is 4.93. The number of fused-ring (bicyclic) bond motifs is 1. The molecule has 0 aromatic carbocycles. The number of amides is 1. The number of anilines is 1. The van der Waals surface area contributed by atoms with Gasteiger partial charge < -0.3 is 4.90 Å². The molecule has 3 atom stereocenters. The lowest BCUT2D eigenvalue weighted by molar-refractivity contribution is -0.924. The number of nitrogens with zero attached hydrogens (tertiary/aromatic N) is 2. The third-order valence-electron chi connectivity index (χ3n) is 4.60. The van der Waals surface area contributed by atoms with E-state index in [2.05, 4.69) is 23.4 Å². The van der Waals surface area contributed by atoms with Gasteiger partial charge in [-0.05, 0) is 36.1 Å². The summed E-state index contributed by atoms with van der Waals surface area (Å²) in [6.07, 6.45) is 4.00. The summed E-state index contributed by atoms with van der Waals surface area (Å²) >= 11 is 1.75. The van der Waals surface area contributed by atoms with Crippen LogP contribution in [0.2, 0.25) is 0 Å². The van der Waals surface area contributed by atoms with E-state index < -0.39 is 0 Å². The van der Waals surface area contributed by atoms with Gasteiger partial charge in [0.2, 0.25) is 6.17 Å². The molecule has 0 bridgehead atoms. The smallest absolute Gasteiger partial charge is 0.291 e. The fourth-order valence-electron chi connectivity index (χ4n) is 3.63. The van der Waals surface area contributed by atoms with Crippen LogP contribution < -0.4 is 9.80 Å². The van der Waals surface area contributed by atoms with Gasteiger partial charge in [-0.15, -0.1) is 11.3 Å². The predicted octanol–water partition coefficient (Wildman–Crippen LogP) is 1.54. The van der Waals surface area contributed by atoms with Crippen LogP contribution in [0.1, 0.15) is 29.4 Å². The maximum atomic E-state index is 12.9. The van der Waals surface area contributed by atoms with Crippen molar-refractivity contribution in [2.45, 2.75) is 32.0 Å². The van der Waals surface area contributed by atoms with E-state index in [-0.39, 0.29) is 18.1 Å². The lowest BCUT2D eigenvalue weighted by Gasteiger charge is -2.25. The molecule has 0 radical (unpaired) electrons. The molecule has 4 nitrogen and oxygen atoms in total. The molecule has 2 aliphatic rings. The van der Waals surface area contributed by atoms with E-state index in [4.69, 9.17) is 0 Å². The van der Waals surface area contributed by atoms with Gasteiger partial charge in [-0.2, -0.15) is 0 Å². The molecule has 0 aliphatic carbocycles. The maximum absolute atomic E-state index is 12.9. The number of hydrogen-bond acceptors (Lipinski definition) is 3. The molecule has 108 valence electrons.